The third kappa shape index (κ3) is 1.60. The van der Waals surface area contributed by atoms with Crippen molar-refractivity contribution in [2.75, 3.05) is 0 Å². The van der Waals surface area contributed by atoms with Crippen molar-refractivity contribution in [3.05, 3.63) is 12.2 Å². The molecule has 1 saturated carbocycles. The van der Waals surface area contributed by atoms with Crippen LogP contribution in [0.5, 0.6) is 0 Å². The van der Waals surface area contributed by atoms with Crippen LogP contribution in [0.25, 0.3) is 0 Å². The summed E-state index contributed by atoms with van der Waals surface area (Å²) < 4.78 is 0. The van der Waals surface area contributed by atoms with Crippen LogP contribution in [0.15, 0.2) is 12.2 Å². The summed E-state index contributed by atoms with van der Waals surface area (Å²) in [6, 6.07) is 0. The van der Waals surface area contributed by atoms with E-state index in [1.165, 1.54) is 5.57 Å². The van der Waals surface area contributed by atoms with Gasteiger partial charge in [0.25, 0.3) is 0 Å². The maximum Gasteiger partial charge on any atom is 0.0605 e. The molecule has 0 aliphatic heterocycles. The molecule has 0 aromatic rings. The summed E-state index contributed by atoms with van der Waals surface area (Å²) in [5.41, 5.74) is 1.22. The van der Waals surface area contributed by atoms with Crippen LogP contribution >= 0.6 is 0 Å². The van der Waals surface area contributed by atoms with Gasteiger partial charge in [-0.1, -0.05) is 25.5 Å². The first-order valence-corrected chi connectivity index (χ1v) is 4.08. The number of aliphatic hydroxyl groups excluding tert-OH is 1. The van der Waals surface area contributed by atoms with Gasteiger partial charge in [0.15, 0.2) is 0 Å². The van der Waals surface area contributed by atoms with Gasteiger partial charge >= 0.3 is 0 Å². The molecule has 1 N–H and O–H groups in total. The second kappa shape index (κ2) is 3.20. The van der Waals surface area contributed by atoms with Crippen LogP contribution in [0.4, 0.5) is 0 Å². The van der Waals surface area contributed by atoms with Gasteiger partial charge in [-0.25, -0.2) is 0 Å². The molecule has 1 heteroatoms. The van der Waals surface area contributed by atoms with Crippen molar-refractivity contribution >= 4 is 0 Å². The van der Waals surface area contributed by atoms with E-state index in [0.29, 0.717) is 5.92 Å². The summed E-state index contributed by atoms with van der Waals surface area (Å²) in [5.74, 6) is 0.533. The Labute approximate surface area is 62.8 Å². The third-order valence-electron chi connectivity index (χ3n) is 2.44. The van der Waals surface area contributed by atoms with Crippen molar-refractivity contribution in [3.8, 4) is 0 Å². The fraction of sp³-hybridized carbons (Fsp3) is 0.778. The largest absolute Gasteiger partial charge is 0.393 e. The Kier molecular flexibility index (Phi) is 2.50. The van der Waals surface area contributed by atoms with Gasteiger partial charge in [-0.2, -0.15) is 0 Å². The first kappa shape index (κ1) is 7.80. The van der Waals surface area contributed by atoms with Gasteiger partial charge in [0.2, 0.25) is 0 Å². The average molecular weight is 140 g/mol. The summed E-state index contributed by atoms with van der Waals surface area (Å²) in [6.07, 6.45) is 4.09. The van der Waals surface area contributed by atoms with E-state index in [4.69, 9.17) is 0 Å². The van der Waals surface area contributed by atoms with Crippen molar-refractivity contribution in [2.24, 2.45) is 5.92 Å². The smallest absolute Gasteiger partial charge is 0.0605 e. The second-order valence-electron chi connectivity index (χ2n) is 3.23. The normalized spacial score (nSPS) is 34.4. The van der Waals surface area contributed by atoms with Gasteiger partial charge in [0.1, 0.15) is 0 Å². The highest BCUT2D eigenvalue weighted by Crippen LogP contribution is 2.29. The molecule has 1 rings (SSSR count). The van der Waals surface area contributed by atoms with Crippen LogP contribution in [-0.2, 0) is 0 Å². The fourth-order valence-corrected chi connectivity index (χ4v) is 1.62. The van der Waals surface area contributed by atoms with Crippen molar-refractivity contribution in [1.82, 2.24) is 0 Å². The minimum Gasteiger partial charge on any atom is -0.393 e. The van der Waals surface area contributed by atoms with Crippen LogP contribution in [-0.4, -0.2) is 11.2 Å². The molecule has 1 aliphatic rings. The molecule has 0 heterocycles. The molecular formula is C9H16O. The second-order valence-corrected chi connectivity index (χ2v) is 3.23. The molecule has 58 valence electrons. The lowest BCUT2D eigenvalue weighted by Gasteiger charge is -2.27. The molecule has 0 amide bonds. The maximum atomic E-state index is 9.48. The van der Waals surface area contributed by atoms with E-state index in [9.17, 15) is 5.11 Å². The standard InChI is InChI=1S/C9H16O/c1-3-8-5-4-7(2)6-9(8)10/h8-10H,2-6H2,1H3. The van der Waals surface area contributed by atoms with E-state index in [-0.39, 0.29) is 6.10 Å². The minimum absolute atomic E-state index is 0.105. The number of hydrogen-bond donors (Lipinski definition) is 1. The summed E-state index contributed by atoms with van der Waals surface area (Å²) in [5, 5.41) is 9.48. The monoisotopic (exact) mass is 140 g/mol. The van der Waals surface area contributed by atoms with Crippen LogP contribution in [0.3, 0.4) is 0 Å². The van der Waals surface area contributed by atoms with Crippen molar-refractivity contribution in [2.45, 2.75) is 38.7 Å². The Bertz CT molecular complexity index is 129. The molecule has 1 nitrogen and oxygen atoms in total. The first-order chi connectivity index (χ1) is 4.74. The van der Waals surface area contributed by atoms with E-state index >= 15 is 0 Å². The Hall–Kier alpha value is -0.300. The van der Waals surface area contributed by atoms with Crippen LogP contribution in [0.1, 0.15) is 32.6 Å². The summed E-state index contributed by atoms with van der Waals surface area (Å²) in [7, 11) is 0. The maximum absolute atomic E-state index is 9.48. The Balaban J connectivity index is 2.43. The molecule has 2 unspecified atom stereocenters. The molecule has 1 fully saturated rings. The van der Waals surface area contributed by atoms with Crippen LogP contribution < -0.4 is 0 Å². The minimum atomic E-state index is -0.105. The number of hydrogen-bond acceptors (Lipinski definition) is 1. The van der Waals surface area contributed by atoms with Gasteiger partial charge in [-0.05, 0) is 25.2 Å². The molecule has 1 aliphatic carbocycles. The molecule has 10 heavy (non-hydrogen) atoms. The molecule has 0 radical (unpaired) electrons. The number of rotatable bonds is 1. The summed E-state index contributed by atoms with van der Waals surface area (Å²) in [6.45, 7) is 6.01. The zero-order valence-corrected chi connectivity index (χ0v) is 6.64. The van der Waals surface area contributed by atoms with E-state index in [1.54, 1.807) is 0 Å². The Morgan fingerprint density at radius 1 is 1.70 bits per heavy atom. The van der Waals surface area contributed by atoms with Crippen LogP contribution in [0.2, 0.25) is 0 Å². The van der Waals surface area contributed by atoms with Gasteiger partial charge in [-0.3, -0.25) is 0 Å². The zero-order valence-electron chi connectivity index (χ0n) is 6.64. The topological polar surface area (TPSA) is 20.2 Å². The lowest BCUT2D eigenvalue weighted by molar-refractivity contribution is 0.0863. The molecule has 0 bridgehead atoms. The lowest BCUT2D eigenvalue weighted by Crippen LogP contribution is -2.24. The van der Waals surface area contributed by atoms with E-state index in [2.05, 4.69) is 13.5 Å². The molecule has 0 saturated heterocycles. The van der Waals surface area contributed by atoms with Crippen molar-refractivity contribution < 1.29 is 5.11 Å². The van der Waals surface area contributed by atoms with Gasteiger partial charge < -0.3 is 5.11 Å². The van der Waals surface area contributed by atoms with Crippen molar-refractivity contribution in [3.63, 3.8) is 0 Å². The summed E-state index contributed by atoms with van der Waals surface area (Å²) in [4.78, 5) is 0. The fourth-order valence-electron chi connectivity index (χ4n) is 1.62. The van der Waals surface area contributed by atoms with E-state index in [0.717, 1.165) is 25.7 Å². The lowest BCUT2D eigenvalue weighted by atomic mass is 9.83. The highest BCUT2D eigenvalue weighted by Gasteiger charge is 2.22. The first-order valence-electron chi connectivity index (χ1n) is 4.08. The van der Waals surface area contributed by atoms with Gasteiger partial charge in [0.05, 0.1) is 6.10 Å². The average Bonchev–Trinajstić information content (AvgIpc) is 1.88. The SMILES string of the molecule is C=C1CCC(CC)C(O)C1. The molecule has 0 aromatic carbocycles. The zero-order chi connectivity index (χ0) is 7.56. The van der Waals surface area contributed by atoms with E-state index < -0.39 is 0 Å². The number of aliphatic hydroxyl groups is 1. The van der Waals surface area contributed by atoms with Crippen molar-refractivity contribution in [1.29, 1.82) is 0 Å². The highest BCUT2D eigenvalue weighted by molar-refractivity contribution is 5.01. The highest BCUT2D eigenvalue weighted by atomic mass is 16.3. The van der Waals surface area contributed by atoms with Crippen LogP contribution in [0, 0.1) is 5.92 Å². The van der Waals surface area contributed by atoms with Gasteiger partial charge in [0, 0.05) is 0 Å². The van der Waals surface area contributed by atoms with E-state index in [1.807, 2.05) is 0 Å². The molecule has 0 aromatic heterocycles. The Morgan fingerprint density at radius 3 is 2.90 bits per heavy atom. The predicted molar refractivity (Wildman–Crippen MR) is 42.8 cm³/mol. The molecular weight excluding hydrogens is 124 g/mol. The quantitative estimate of drug-likeness (QED) is 0.553. The predicted octanol–water partition coefficient (Wildman–Crippen LogP) is 2.11. The van der Waals surface area contributed by atoms with Gasteiger partial charge in [-0.15, -0.1) is 0 Å². The third-order valence-corrected chi connectivity index (χ3v) is 2.44. The molecule has 0 spiro atoms. The molecule has 2 atom stereocenters. The Morgan fingerprint density at radius 2 is 2.40 bits per heavy atom. The summed E-state index contributed by atoms with van der Waals surface area (Å²) >= 11 is 0.